The Morgan fingerprint density at radius 3 is 2.52 bits per heavy atom. The zero-order valence-electron chi connectivity index (χ0n) is 13.2. The Kier molecular flexibility index (Phi) is 5.35. The zero-order valence-corrected chi connectivity index (χ0v) is 14.0. The van der Waals surface area contributed by atoms with Crippen molar-refractivity contribution in [1.82, 2.24) is 15.3 Å². The van der Waals surface area contributed by atoms with Gasteiger partial charge in [-0.05, 0) is 44.0 Å². The molecule has 0 aliphatic carbocycles. The van der Waals surface area contributed by atoms with Gasteiger partial charge in [0.15, 0.2) is 0 Å². The molecule has 1 aliphatic heterocycles. The van der Waals surface area contributed by atoms with Crippen molar-refractivity contribution < 1.29 is 8.95 Å². The van der Waals surface area contributed by atoms with Crippen molar-refractivity contribution >= 4 is 10.8 Å². The Hall–Kier alpha value is -1.79. The highest BCUT2D eigenvalue weighted by atomic mass is 32.2. The lowest BCUT2D eigenvalue weighted by Crippen LogP contribution is -2.30. The van der Waals surface area contributed by atoms with E-state index in [0.29, 0.717) is 18.4 Å². The van der Waals surface area contributed by atoms with E-state index in [1.54, 1.807) is 18.6 Å². The van der Waals surface area contributed by atoms with Crippen molar-refractivity contribution in [2.24, 2.45) is 5.92 Å². The molecule has 122 valence electrons. The first-order valence-electron chi connectivity index (χ1n) is 7.82. The Bertz CT molecular complexity index is 653. The van der Waals surface area contributed by atoms with Crippen LogP contribution in [0.3, 0.4) is 0 Å². The molecular weight excluding hydrogens is 310 g/mol. The van der Waals surface area contributed by atoms with E-state index in [0.717, 1.165) is 42.1 Å². The Morgan fingerprint density at radius 1 is 1.17 bits per heavy atom. The summed E-state index contributed by atoms with van der Waals surface area (Å²) in [6, 6.07) is 7.54. The Balaban J connectivity index is 1.61. The second kappa shape index (κ2) is 7.66. The lowest BCUT2D eigenvalue weighted by atomic mass is 9.99. The van der Waals surface area contributed by atoms with Gasteiger partial charge in [-0.3, -0.25) is 4.21 Å². The maximum atomic E-state index is 11.4. The van der Waals surface area contributed by atoms with Crippen molar-refractivity contribution in [1.29, 1.82) is 0 Å². The highest BCUT2D eigenvalue weighted by Crippen LogP contribution is 2.20. The quantitative estimate of drug-likeness (QED) is 0.910. The molecule has 0 amide bonds. The number of aromatic nitrogens is 2. The lowest BCUT2D eigenvalue weighted by molar-refractivity contribution is 0.208. The molecule has 2 heterocycles. The Labute approximate surface area is 139 Å². The highest BCUT2D eigenvalue weighted by Gasteiger charge is 2.14. The van der Waals surface area contributed by atoms with Gasteiger partial charge in [-0.15, -0.1) is 0 Å². The first-order chi connectivity index (χ1) is 11.2. The van der Waals surface area contributed by atoms with Crippen LogP contribution in [0.2, 0.25) is 0 Å². The third-order valence-electron chi connectivity index (χ3n) is 4.04. The van der Waals surface area contributed by atoms with Crippen LogP contribution in [0.5, 0.6) is 5.88 Å². The molecule has 5 nitrogen and oxygen atoms in total. The molecule has 0 saturated carbocycles. The molecular formula is C17H21N3O2S. The van der Waals surface area contributed by atoms with E-state index in [1.165, 1.54) is 0 Å². The van der Waals surface area contributed by atoms with E-state index in [9.17, 15) is 4.21 Å². The summed E-state index contributed by atoms with van der Waals surface area (Å²) in [6.45, 7) is 2.83. The van der Waals surface area contributed by atoms with Gasteiger partial charge in [0, 0.05) is 27.5 Å². The minimum Gasteiger partial charge on any atom is -0.476 e. The molecule has 6 heteroatoms. The van der Waals surface area contributed by atoms with Crippen LogP contribution in [0.4, 0.5) is 0 Å². The molecule has 0 spiro atoms. The van der Waals surface area contributed by atoms with Crippen molar-refractivity contribution in [2.45, 2.75) is 17.7 Å². The monoisotopic (exact) mass is 331 g/mol. The van der Waals surface area contributed by atoms with Crippen LogP contribution >= 0.6 is 0 Å². The highest BCUT2D eigenvalue weighted by molar-refractivity contribution is 7.84. The van der Waals surface area contributed by atoms with Crippen LogP contribution in [-0.4, -0.2) is 40.1 Å². The summed E-state index contributed by atoms with van der Waals surface area (Å²) in [6.07, 6.45) is 7.36. The van der Waals surface area contributed by atoms with Crippen molar-refractivity contribution in [3.63, 3.8) is 0 Å². The maximum Gasteiger partial charge on any atom is 0.232 e. The van der Waals surface area contributed by atoms with E-state index in [-0.39, 0.29) is 0 Å². The maximum absolute atomic E-state index is 11.4. The van der Waals surface area contributed by atoms with Gasteiger partial charge >= 0.3 is 0 Å². The molecule has 3 rings (SSSR count). The average molecular weight is 331 g/mol. The second-order valence-electron chi connectivity index (χ2n) is 5.72. The van der Waals surface area contributed by atoms with Crippen LogP contribution in [0.15, 0.2) is 41.6 Å². The number of piperidine rings is 1. The molecule has 2 aromatic rings. The fourth-order valence-corrected chi connectivity index (χ4v) is 3.13. The number of nitrogens with zero attached hydrogens (tertiary/aromatic N) is 2. The van der Waals surface area contributed by atoms with Gasteiger partial charge in [0.2, 0.25) is 5.88 Å². The van der Waals surface area contributed by atoms with Crippen LogP contribution in [0.25, 0.3) is 11.3 Å². The molecule has 1 saturated heterocycles. The number of hydrogen-bond donors (Lipinski definition) is 1. The molecule has 1 aromatic heterocycles. The predicted molar refractivity (Wildman–Crippen MR) is 90.9 cm³/mol. The fourth-order valence-electron chi connectivity index (χ4n) is 2.61. The molecule has 1 aromatic carbocycles. The van der Waals surface area contributed by atoms with Gasteiger partial charge in [0.25, 0.3) is 0 Å². The molecule has 0 radical (unpaired) electrons. The van der Waals surface area contributed by atoms with Gasteiger partial charge in [0.1, 0.15) is 0 Å². The average Bonchev–Trinajstić information content (AvgIpc) is 2.61. The first kappa shape index (κ1) is 16.1. The van der Waals surface area contributed by atoms with Crippen LogP contribution in [-0.2, 0) is 10.8 Å². The third-order valence-corrected chi connectivity index (χ3v) is 4.97. The second-order valence-corrected chi connectivity index (χ2v) is 7.10. The molecule has 1 atom stereocenters. The number of rotatable bonds is 5. The van der Waals surface area contributed by atoms with Crippen molar-refractivity contribution in [3.05, 3.63) is 36.7 Å². The Morgan fingerprint density at radius 2 is 1.91 bits per heavy atom. The molecule has 1 unspecified atom stereocenters. The van der Waals surface area contributed by atoms with E-state index in [1.807, 2.05) is 24.3 Å². The molecule has 1 fully saturated rings. The van der Waals surface area contributed by atoms with E-state index < -0.39 is 10.8 Å². The van der Waals surface area contributed by atoms with Crippen LogP contribution in [0.1, 0.15) is 12.8 Å². The van der Waals surface area contributed by atoms with Crippen molar-refractivity contribution in [3.8, 4) is 17.1 Å². The summed E-state index contributed by atoms with van der Waals surface area (Å²) >= 11 is 0. The molecule has 1 N–H and O–H groups in total. The number of hydrogen-bond acceptors (Lipinski definition) is 5. The summed E-state index contributed by atoms with van der Waals surface area (Å²) in [5, 5.41) is 3.35. The minimum absolute atomic E-state index is 0.568. The minimum atomic E-state index is -0.963. The standard InChI is InChI=1S/C17H21N3O2S/c1-23(21)15-4-2-14(3-5-15)16-10-20-17(11-19-16)22-12-13-6-8-18-9-7-13/h2-5,10-11,13,18H,6-9,12H2,1H3. The van der Waals surface area contributed by atoms with Gasteiger partial charge in [-0.25, -0.2) is 9.97 Å². The summed E-state index contributed by atoms with van der Waals surface area (Å²) in [5.74, 6) is 1.17. The lowest BCUT2D eigenvalue weighted by Gasteiger charge is -2.22. The molecule has 23 heavy (non-hydrogen) atoms. The normalized spacial score (nSPS) is 16.9. The number of nitrogens with one attached hydrogen (secondary N) is 1. The topological polar surface area (TPSA) is 64.1 Å². The largest absolute Gasteiger partial charge is 0.476 e. The van der Waals surface area contributed by atoms with E-state index in [2.05, 4.69) is 15.3 Å². The first-order valence-corrected chi connectivity index (χ1v) is 9.37. The summed E-state index contributed by atoms with van der Waals surface area (Å²) in [7, 11) is -0.963. The van der Waals surface area contributed by atoms with Crippen LogP contribution in [0, 0.1) is 5.92 Å². The van der Waals surface area contributed by atoms with Crippen molar-refractivity contribution in [2.75, 3.05) is 26.0 Å². The van der Waals surface area contributed by atoms with E-state index >= 15 is 0 Å². The number of benzene rings is 1. The van der Waals surface area contributed by atoms with Gasteiger partial charge in [0.05, 0.1) is 24.7 Å². The summed E-state index contributed by atoms with van der Waals surface area (Å²) < 4.78 is 17.1. The summed E-state index contributed by atoms with van der Waals surface area (Å²) in [4.78, 5) is 9.56. The SMILES string of the molecule is CS(=O)c1ccc(-c2cnc(OCC3CCNCC3)cn2)cc1. The third kappa shape index (κ3) is 4.36. The molecule has 0 bridgehead atoms. The van der Waals surface area contributed by atoms with Gasteiger partial charge < -0.3 is 10.1 Å². The van der Waals surface area contributed by atoms with Gasteiger partial charge in [-0.1, -0.05) is 12.1 Å². The predicted octanol–water partition coefficient (Wildman–Crippen LogP) is 2.26. The van der Waals surface area contributed by atoms with Gasteiger partial charge in [-0.2, -0.15) is 0 Å². The molecule has 1 aliphatic rings. The van der Waals surface area contributed by atoms with Crippen LogP contribution < -0.4 is 10.1 Å². The zero-order chi connectivity index (χ0) is 16.1. The summed E-state index contributed by atoms with van der Waals surface area (Å²) in [5.41, 5.74) is 1.74. The fraction of sp³-hybridized carbons (Fsp3) is 0.412. The smallest absolute Gasteiger partial charge is 0.232 e. The number of ether oxygens (including phenoxy) is 1. The van der Waals surface area contributed by atoms with E-state index in [4.69, 9.17) is 4.74 Å².